The van der Waals surface area contributed by atoms with Gasteiger partial charge in [0.25, 0.3) is 0 Å². The molecule has 150 valence electrons. The van der Waals surface area contributed by atoms with Gasteiger partial charge >= 0.3 is 6.03 Å². The predicted molar refractivity (Wildman–Crippen MR) is 121 cm³/mol. The van der Waals surface area contributed by atoms with Gasteiger partial charge in [0.1, 0.15) is 5.82 Å². The maximum atomic E-state index is 12.7. The van der Waals surface area contributed by atoms with Gasteiger partial charge in [-0.25, -0.2) is 9.48 Å². The Morgan fingerprint density at radius 1 is 1.10 bits per heavy atom. The zero-order chi connectivity index (χ0) is 20.6. The number of carbonyl (C=O) groups excluding carboxylic acids is 1. The van der Waals surface area contributed by atoms with Gasteiger partial charge in [0.15, 0.2) is 0 Å². The summed E-state index contributed by atoms with van der Waals surface area (Å²) in [6.45, 7) is 6.49. The van der Waals surface area contributed by atoms with Crippen molar-refractivity contribution < 1.29 is 4.79 Å². The van der Waals surface area contributed by atoms with E-state index in [1.165, 1.54) is 5.56 Å². The van der Waals surface area contributed by atoms with Crippen LogP contribution in [0.5, 0.6) is 0 Å². The highest BCUT2D eigenvalue weighted by Gasteiger charge is 2.25. The van der Waals surface area contributed by atoms with E-state index < -0.39 is 0 Å². The van der Waals surface area contributed by atoms with Gasteiger partial charge in [-0.3, -0.25) is 5.32 Å². The molecule has 4 rings (SSSR count). The summed E-state index contributed by atoms with van der Waals surface area (Å²) in [5.41, 5.74) is 4.92. The van der Waals surface area contributed by atoms with E-state index in [1.807, 2.05) is 48.5 Å². The first kappa shape index (κ1) is 19.9. The van der Waals surface area contributed by atoms with Gasteiger partial charge < -0.3 is 5.32 Å². The Morgan fingerprint density at radius 2 is 1.86 bits per heavy atom. The monoisotopic (exact) mass is 426 g/mol. The molecule has 0 spiro atoms. The Morgan fingerprint density at radius 3 is 2.55 bits per heavy atom. The van der Waals surface area contributed by atoms with Crippen molar-refractivity contribution in [2.75, 3.05) is 10.6 Å². The lowest BCUT2D eigenvalue weighted by Gasteiger charge is -2.19. The predicted octanol–water partition coefficient (Wildman–Crippen LogP) is 6.21. The molecule has 7 heteroatoms. The molecule has 0 radical (unpaired) electrons. The zero-order valence-corrected chi connectivity index (χ0v) is 18.2. The highest BCUT2D eigenvalue weighted by Crippen LogP contribution is 2.36. The van der Waals surface area contributed by atoms with Crippen molar-refractivity contribution in [3.05, 3.63) is 70.4 Å². The molecule has 29 heavy (non-hydrogen) atoms. The molecule has 0 bridgehead atoms. The SMILES string of the molecule is CC(C)(C)c1ccc(NC(=O)Nc2c3c(nn2-c2cccc(Cl)c2)CSC3)cc1. The van der Waals surface area contributed by atoms with E-state index in [0.717, 1.165) is 34.1 Å². The molecule has 0 fully saturated rings. The molecule has 2 amide bonds. The van der Waals surface area contributed by atoms with Gasteiger partial charge in [-0.05, 0) is 41.3 Å². The van der Waals surface area contributed by atoms with Crippen LogP contribution in [0.15, 0.2) is 48.5 Å². The highest BCUT2D eigenvalue weighted by atomic mass is 35.5. The second-order valence-corrected chi connectivity index (χ2v) is 9.49. The summed E-state index contributed by atoms with van der Waals surface area (Å²) in [5, 5.41) is 11.2. The number of fused-ring (bicyclic) bond motifs is 1. The van der Waals surface area contributed by atoms with Crippen molar-refractivity contribution in [1.82, 2.24) is 9.78 Å². The standard InChI is InChI=1S/C22H23ClN4OS/c1-22(2,3)14-7-9-16(10-8-14)24-21(28)25-20-18-12-29-13-19(18)26-27(20)17-6-4-5-15(23)11-17/h4-11H,12-13H2,1-3H3,(H2,24,25,28). The molecule has 0 saturated carbocycles. The molecule has 2 aromatic carbocycles. The molecule has 0 saturated heterocycles. The Hall–Kier alpha value is -2.44. The second-order valence-electron chi connectivity index (χ2n) is 8.06. The summed E-state index contributed by atoms with van der Waals surface area (Å²) >= 11 is 7.95. The number of nitrogens with one attached hydrogen (secondary N) is 2. The van der Waals surface area contributed by atoms with E-state index in [4.69, 9.17) is 16.7 Å². The third kappa shape index (κ3) is 4.28. The number of halogens is 1. The van der Waals surface area contributed by atoms with Gasteiger partial charge in [0.2, 0.25) is 0 Å². The largest absolute Gasteiger partial charge is 0.324 e. The summed E-state index contributed by atoms with van der Waals surface area (Å²) in [6.07, 6.45) is 0. The number of anilines is 2. The fourth-order valence-electron chi connectivity index (χ4n) is 3.26. The number of hydrogen-bond acceptors (Lipinski definition) is 3. The van der Waals surface area contributed by atoms with Gasteiger partial charge in [-0.1, -0.05) is 50.6 Å². The molecule has 0 atom stereocenters. The normalized spacial score (nSPS) is 13.2. The molecule has 5 nitrogen and oxygen atoms in total. The van der Waals surface area contributed by atoms with E-state index in [9.17, 15) is 4.79 Å². The minimum absolute atomic E-state index is 0.0719. The Bertz CT molecular complexity index is 1050. The molecule has 1 aliphatic heterocycles. The first-order chi connectivity index (χ1) is 13.8. The van der Waals surface area contributed by atoms with Crippen molar-refractivity contribution in [2.24, 2.45) is 0 Å². The number of aromatic nitrogens is 2. The van der Waals surface area contributed by atoms with E-state index in [1.54, 1.807) is 16.4 Å². The summed E-state index contributed by atoms with van der Waals surface area (Å²) in [4.78, 5) is 12.7. The number of amides is 2. The number of benzene rings is 2. The smallest absolute Gasteiger partial charge is 0.308 e. The van der Waals surface area contributed by atoms with Crippen LogP contribution < -0.4 is 10.6 Å². The number of nitrogens with zero attached hydrogens (tertiary/aromatic N) is 2. The van der Waals surface area contributed by atoms with E-state index >= 15 is 0 Å². The lowest BCUT2D eigenvalue weighted by Crippen LogP contribution is -2.22. The van der Waals surface area contributed by atoms with Crippen LogP contribution in [0.2, 0.25) is 5.02 Å². The summed E-state index contributed by atoms with van der Waals surface area (Å²) in [7, 11) is 0. The second kappa shape index (κ2) is 7.76. The van der Waals surface area contributed by atoms with Crippen LogP contribution >= 0.6 is 23.4 Å². The van der Waals surface area contributed by atoms with E-state index in [2.05, 4.69) is 31.4 Å². The Labute approximate surface area is 179 Å². The summed E-state index contributed by atoms with van der Waals surface area (Å²) in [5.74, 6) is 2.36. The van der Waals surface area contributed by atoms with Crippen LogP contribution in [-0.4, -0.2) is 15.8 Å². The van der Waals surface area contributed by atoms with Crippen LogP contribution in [0.1, 0.15) is 37.6 Å². The quantitative estimate of drug-likeness (QED) is 0.523. The van der Waals surface area contributed by atoms with Crippen LogP contribution in [0.3, 0.4) is 0 Å². The molecule has 1 aliphatic rings. The van der Waals surface area contributed by atoms with Crippen molar-refractivity contribution >= 4 is 40.9 Å². The number of hydrogen-bond donors (Lipinski definition) is 2. The van der Waals surface area contributed by atoms with Crippen molar-refractivity contribution in [2.45, 2.75) is 37.7 Å². The van der Waals surface area contributed by atoms with Gasteiger partial charge in [0, 0.05) is 27.8 Å². The molecule has 0 aliphatic carbocycles. The minimum atomic E-state index is -0.295. The zero-order valence-electron chi connectivity index (χ0n) is 16.6. The average Bonchev–Trinajstić information content (AvgIpc) is 3.24. The molecule has 2 N–H and O–H groups in total. The van der Waals surface area contributed by atoms with E-state index in [0.29, 0.717) is 10.8 Å². The fraction of sp³-hybridized carbons (Fsp3) is 0.273. The minimum Gasteiger partial charge on any atom is -0.308 e. The molecular formula is C22H23ClN4OS. The number of thioether (sulfide) groups is 1. The third-order valence-electron chi connectivity index (χ3n) is 4.85. The number of urea groups is 1. The van der Waals surface area contributed by atoms with Gasteiger partial charge in [0.05, 0.1) is 11.4 Å². The van der Waals surface area contributed by atoms with Crippen LogP contribution in [0.25, 0.3) is 5.69 Å². The average molecular weight is 427 g/mol. The topological polar surface area (TPSA) is 59.0 Å². The van der Waals surface area contributed by atoms with Crippen molar-refractivity contribution in [3.63, 3.8) is 0 Å². The van der Waals surface area contributed by atoms with Crippen LogP contribution in [0, 0.1) is 0 Å². The lowest BCUT2D eigenvalue weighted by molar-refractivity contribution is 0.262. The summed E-state index contributed by atoms with van der Waals surface area (Å²) < 4.78 is 1.76. The van der Waals surface area contributed by atoms with Crippen LogP contribution in [0.4, 0.5) is 16.3 Å². The van der Waals surface area contributed by atoms with Crippen molar-refractivity contribution in [1.29, 1.82) is 0 Å². The van der Waals surface area contributed by atoms with E-state index in [-0.39, 0.29) is 11.4 Å². The first-order valence-electron chi connectivity index (χ1n) is 9.44. The highest BCUT2D eigenvalue weighted by molar-refractivity contribution is 7.98. The summed E-state index contributed by atoms with van der Waals surface area (Å²) in [6, 6.07) is 15.1. The Balaban J connectivity index is 1.57. The van der Waals surface area contributed by atoms with Gasteiger partial charge in [-0.15, -0.1) is 0 Å². The maximum absolute atomic E-state index is 12.7. The number of rotatable bonds is 3. The lowest BCUT2D eigenvalue weighted by atomic mass is 9.87. The molecule has 1 aromatic heterocycles. The first-order valence-corrected chi connectivity index (χ1v) is 11.0. The maximum Gasteiger partial charge on any atom is 0.324 e. The fourth-order valence-corrected chi connectivity index (χ4v) is 4.48. The molecule has 2 heterocycles. The van der Waals surface area contributed by atoms with Gasteiger partial charge in [-0.2, -0.15) is 16.9 Å². The number of carbonyl (C=O) groups is 1. The molecular weight excluding hydrogens is 404 g/mol. The molecule has 3 aromatic rings. The Kier molecular flexibility index (Phi) is 5.32. The molecule has 0 unspecified atom stereocenters. The third-order valence-corrected chi connectivity index (χ3v) is 6.05. The van der Waals surface area contributed by atoms with Crippen molar-refractivity contribution in [3.8, 4) is 5.69 Å². The van der Waals surface area contributed by atoms with Crippen LogP contribution in [-0.2, 0) is 16.9 Å².